The Kier molecular flexibility index (Phi) is 5.20. The molecule has 0 radical (unpaired) electrons. The van der Waals surface area contributed by atoms with Crippen LogP contribution in [0.25, 0.3) is 11.6 Å². The number of fused-ring (bicyclic) bond motifs is 2. The van der Waals surface area contributed by atoms with E-state index in [2.05, 4.69) is 9.88 Å². The maximum atomic E-state index is 12.0. The summed E-state index contributed by atoms with van der Waals surface area (Å²) in [6.45, 7) is 1.77. The Labute approximate surface area is 174 Å². The largest absolute Gasteiger partial charge is 0.478 e. The van der Waals surface area contributed by atoms with Crippen molar-refractivity contribution in [3.63, 3.8) is 0 Å². The summed E-state index contributed by atoms with van der Waals surface area (Å²) >= 11 is 6.19. The van der Waals surface area contributed by atoms with Gasteiger partial charge in [0.2, 0.25) is 10.0 Å². The molecule has 152 valence electrons. The van der Waals surface area contributed by atoms with E-state index in [9.17, 15) is 18.3 Å². The van der Waals surface area contributed by atoms with Crippen LogP contribution < -0.4 is 0 Å². The highest BCUT2D eigenvalue weighted by Crippen LogP contribution is 2.40. The zero-order valence-electron chi connectivity index (χ0n) is 15.7. The van der Waals surface area contributed by atoms with E-state index in [4.69, 9.17) is 11.6 Å². The quantitative estimate of drug-likeness (QED) is 0.798. The predicted molar refractivity (Wildman–Crippen MR) is 111 cm³/mol. The third-order valence-electron chi connectivity index (χ3n) is 5.37. The van der Waals surface area contributed by atoms with Crippen LogP contribution >= 0.6 is 11.6 Å². The minimum Gasteiger partial charge on any atom is -0.478 e. The second-order valence-electron chi connectivity index (χ2n) is 7.17. The third-order valence-corrected chi connectivity index (χ3v) is 6.91. The van der Waals surface area contributed by atoms with Gasteiger partial charge in [0.05, 0.1) is 23.6 Å². The fourth-order valence-corrected chi connectivity index (χ4v) is 5.01. The highest BCUT2D eigenvalue weighted by molar-refractivity contribution is 7.88. The number of carboxylic acid groups (broad SMARTS) is 1. The van der Waals surface area contributed by atoms with Crippen molar-refractivity contribution in [2.24, 2.45) is 0 Å². The number of sulfonamides is 1. The van der Waals surface area contributed by atoms with Gasteiger partial charge < -0.3 is 5.11 Å². The molecule has 2 aliphatic rings. The van der Waals surface area contributed by atoms with Gasteiger partial charge in [0.25, 0.3) is 0 Å². The van der Waals surface area contributed by atoms with Crippen LogP contribution in [0.5, 0.6) is 0 Å². The minimum absolute atomic E-state index is 0.161. The normalized spacial score (nSPS) is 20.3. The Hall–Kier alpha value is -2.26. The number of rotatable bonds is 3. The standard InChI is InChI=1S/C20H20ClN3O4S/c1-29(27,28)24-9-7-23(8-10-24)19-15-5-4-14(21)11-13(15)12-17(20(25)26)16-3-2-6-22-18(16)19/h2-6,11-12,19H,7-10H2,1H3,(H,25,26). The summed E-state index contributed by atoms with van der Waals surface area (Å²) in [5.41, 5.74) is 2.99. The lowest BCUT2D eigenvalue weighted by Crippen LogP contribution is -2.49. The van der Waals surface area contributed by atoms with Gasteiger partial charge in [-0.3, -0.25) is 9.88 Å². The molecule has 1 aliphatic heterocycles. The molecular weight excluding hydrogens is 414 g/mol. The lowest BCUT2D eigenvalue weighted by atomic mass is 9.95. The average Bonchev–Trinajstić information content (AvgIpc) is 2.82. The molecule has 1 fully saturated rings. The number of hydrogen-bond acceptors (Lipinski definition) is 5. The summed E-state index contributed by atoms with van der Waals surface area (Å²) in [6, 6.07) is 8.61. The Balaban J connectivity index is 1.84. The average molecular weight is 434 g/mol. The molecule has 0 spiro atoms. The number of nitrogens with zero attached hydrogens (tertiary/aromatic N) is 3. The van der Waals surface area contributed by atoms with E-state index in [-0.39, 0.29) is 11.6 Å². The van der Waals surface area contributed by atoms with Crippen LogP contribution in [0.2, 0.25) is 5.02 Å². The van der Waals surface area contributed by atoms with Gasteiger partial charge in [-0.05, 0) is 35.4 Å². The SMILES string of the molecule is CS(=O)(=O)N1CCN(C2c3ccc(Cl)cc3C=C(C(=O)O)c3cccnc32)CC1. The second kappa shape index (κ2) is 7.53. The Morgan fingerprint density at radius 2 is 1.93 bits per heavy atom. The topological polar surface area (TPSA) is 90.8 Å². The number of aliphatic carboxylic acids is 1. The molecule has 1 atom stereocenters. The number of pyridine rings is 1. The highest BCUT2D eigenvalue weighted by Gasteiger charge is 2.35. The molecule has 7 nitrogen and oxygen atoms in total. The summed E-state index contributed by atoms with van der Waals surface area (Å²) in [5.74, 6) is -1.03. The maximum Gasteiger partial charge on any atom is 0.336 e. The summed E-state index contributed by atoms with van der Waals surface area (Å²) in [7, 11) is -3.25. The summed E-state index contributed by atoms with van der Waals surface area (Å²) < 4.78 is 25.2. The number of carboxylic acids is 1. The number of halogens is 1. The van der Waals surface area contributed by atoms with E-state index >= 15 is 0 Å². The third kappa shape index (κ3) is 3.81. The molecule has 1 aromatic heterocycles. The number of carbonyl (C=O) groups is 1. The smallest absolute Gasteiger partial charge is 0.336 e. The van der Waals surface area contributed by atoms with E-state index in [1.807, 2.05) is 6.07 Å². The lowest BCUT2D eigenvalue weighted by molar-refractivity contribution is -0.130. The van der Waals surface area contributed by atoms with E-state index in [1.54, 1.807) is 36.5 Å². The van der Waals surface area contributed by atoms with E-state index in [1.165, 1.54) is 10.6 Å². The number of benzene rings is 1. The van der Waals surface area contributed by atoms with Gasteiger partial charge >= 0.3 is 5.97 Å². The van der Waals surface area contributed by atoms with Gasteiger partial charge in [-0.25, -0.2) is 13.2 Å². The van der Waals surface area contributed by atoms with E-state index in [0.29, 0.717) is 42.5 Å². The van der Waals surface area contributed by atoms with E-state index in [0.717, 1.165) is 11.1 Å². The van der Waals surface area contributed by atoms with Crippen molar-refractivity contribution in [2.45, 2.75) is 6.04 Å². The molecule has 1 unspecified atom stereocenters. The molecular formula is C20H20ClN3O4S. The number of piperazine rings is 1. The maximum absolute atomic E-state index is 12.0. The molecule has 1 aliphatic carbocycles. The van der Waals surface area contributed by atoms with Crippen LogP contribution in [-0.2, 0) is 14.8 Å². The Morgan fingerprint density at radius 3 is 2.59 bits per heavy atom. The van der Waals surface area contributed by atoms with Crippen LogP contribution in [0.1, 0.15) is 28.4 Å². The van der Waals surface area contributed by atoms with Crippen LogP contribution in [-0.4, -0.2) is 66.1 Å². The van der Waals surface area contributed by atoms with Crippen molar-refractivity contribution in [1.82, 2.24) is 14.2 Å². The molecule has 1 aromatic carbocycles. The molecule has 0 amide bonds. The van der Waals surface area contributed by atoms with Gasteiger partial charge in [0.15, 0.2) is 0 Å². The van der Waals surface area contributed by atoms with Gasteiger partial charge in [-0.15, -0.1) is 0 Å². The zero-order valence-corrected chi connectivity index (χ0v) is 17.3. The molecule has 0 bridgehead atoms. The minimum atomic E-state index is -3.25. The van der Waals surface area contributed by atoms with Gasteiger partial charge in [0, 0.05) is 43.0 Å². The van der Waals surface area contributed by atoms with Crippen LogP contribution in [0.15, 0.2) is 36.5 Å². The van der Waals surface area contributed by atoms with Gasteiger partial charge in [-0.2, -0.15) is 4.31 Å². The first-order valence-electron chi connectivity index (χ1n) is 9.14. The Morgan fingerprint density at radius 1 is 1.21 bits per heavy atom. The first-order valence-corrected chi connectivity index (χ1v) is 11.4. The molecule has 2 aromatic rings. The van der Waals surface area contributed by atoms with Crippen LogP contribution in [0, 0.1) is 0 Å². The predicted octanol–water partition coefficient (Wildman–Crippen LogP) is 2.34. The first kappa shape index (κ1) is 20.0. The second-order valence-corrected chi connectivity index (χ2v) is 9.59. The number of hydrogen-bond donors (Lipinski definition) is 1. The first-order chi connectivity index (χ1) is 13.8. The monoisotopic (exact) mass is 433 g/mol. The fourth-order valence-electron chi connectivity index (χ4n) is 4.00. The van der Waals surface area contributed by atoms with Crippen LogP contribution in [0.3, 0.4) is 0 Å². The highest BCUT2D eigenvalue weighted by atomic mass is 35.5. The van der Waals surface area contributed by atoms with Crippen molar-refractivity contribution in [3.8, 4) is 0 Å². The summed E-state index contributed by atoms with van der Waals surface area (Å²) in [5, 5.41) is 10.3. The van der Waals surface area contributed by atoms with Crippen molar-refractivity contribution >= 4 is 39.2 Å². The molecule has 1 saturated heterocycles. The molecule has 1 N–H and O–H groups in total. The molecule has 9 heteroatoms. The van der Waals surface area contributed by atoms with Crippen molar-refractivity contribution in [3.05, 3.63) is 63.9 Å². The molecule has 0 saturated carbocycles. The molecule has 29 heavy (non-hydrogen) atoms. The van der Waals surface area contributed by atoms with Gasteiger partial charge in [-0.1, -0.05) is 23.7 Å². The molecule has 2 heterocycles. The lowest BCUT2D eigenvalue weighted by Gasteiger charge is -2.38. The van der Waals surface area contributed by atoms with Crippen molar-refractivity contribution in [1.29, 1.82) is 0 Å². The Bertz CT molecular complexity index is 1110. The zero-order chi connectivity index (χ0) is 20.8. The van der Waals surface area contributed by atoms with Crippen molar-refractivity contribution in [2.75, 3.05) is 32.4 Å². The number of aromatic nitrogens is 1. The fraction of sp³-hybridized carbons (Fsp3) is 0.300. The van der Waals surface area contributed by atoms with Gasteiger partial charge in [0.1, 0.15) is 0 Å². The van der Waals surface area contributed by atoms with Crippen molar-refractivity contribution < 1.29 is 18.3 Å². The van der Waals surface area contributed by atoms with Crippen LogP contribution in [0.4, 0.5) is 0 Å². The summed E-state index contributed by atoms with van der Waals surface area (Å²) in [4.78, 5) is 18.7. The molecule has 4 rings (SSSR count). The summed E-state index contributed by atoms with van der Waals surface area (Å²) in [6.07, 6.45) is 4.50. The van der Waals surface area contributed by atoms with E-state index < -0.39 is 16.0 Å².